The molecule has 1 aromatic rings. The molecule has 7 heteroatoms. The van der Waals surface area contributed by atoms with Crippen molar-refractivity contribution in [3.05, 3.63) is 42.5 Å². The quantitative estimate of drug-likeness (QED) is 0.557. The van der Waals surface area contributed by atoms with Gasteiger partial charge in [-0.3, -0.25) is 9.59 Å². The predicted molar refractivity (Wildman–Crippen MR) is 96.0 cm³/mol. The summed E-state index contributed by atoms with van der Waals surface area (Å²) in [6.07, 6.45) is 0.0477. The van der Waals surface area contributed by atoms with Gasteiger partial charge in [-0.25, -0.2) is 8.42 Å². The lowest BCUT2D eigenvalue weighted by Crippen LogP contribution is -2.44. The van der Waals surface area contributed by atoms with Gasteiger partial charge in [0.15, 0.2) is 9.84 Å². The number of carbonyl (C=O) groups excluding carboxylic acids is 2. The van der Waals surface area contributed by atoms with Crippen LogP contribution in [0.25, 0.3) is 0 Å². The molecular formula is C19H24O6S. The second kappa shape index (κ2) is 7.61. The largest absolute Gasteiger partial charge is 0.466 e. The highest BCUT2D eigenvalue weighted by molar-refractivity contribution is 7.92. The number of hydrogen-bond acceptors (Lipinski definition) is 6. The number of hydrogen-bond donors (Lipinski definition) is 0. The summed E-state index contributed by atoms with van der Waals surface area (Å²) in [5.74, 6) is -2.56. The van der Waals surface area contributed by atoms with Crippen molar-refractivity contribution < 1.29 is 27.5 Å². The Kier molecular flexibility index (Phi) is 5.91. The van der Waals surface area contributed by atoms with Crippen molar-refractivity contribution in [3.8, 4) is 0 Å². The van der Waals surface area contributed by atoms with Crippen molar-refractivity contribution in [1.82, 2.24) is 0 Å². The van der Waals surface area contributed by atoms with Gasteiger partial charge in [0.25, 0.3) is 0 Å². The van der Waals surface area contributed by atoms with Crippen LogP contribution in [0.5, 0.6) is 0 Å². The van der Waals surface area contributed by atoms with Gasteiger partial charge in [0.1, 0.15) is 5.25 Å². The molecule has 142 valence electrons. The summed E-state index contributed by atoms with van der Waals surface area (Å²) in [7, 11) is -3.93. The van der Waals surface area contributed by atoms with Crippen LogP contribution in [0.3, 0.4) is 0 Å². The van der Waals surface area contributed by atoms with Crippen LogP contribution in [0.15, 0.2) is 47.4 Å². The van der Waals surface area contributed by atoms with Gasteiger partial charge in [0, 0.05) is 0 Å². The molecule has 0 bridgehead atoms. The minimum Gasteiger partial charge on any atom is -0.466 e. The normalized spacial score (nSPS) is 25.7. The highest BCUT2D eigenvalue weighted by atomic mass is 32.2. The molecule has 0 aromatic heterocycles. The van der Waals surface area contributed by atoms with E-state index in [-0.39, 0.29) is 24.5 Å². The molecular weight excluding hydrogens is 356 g/mol. The zero-order chi connectivity index (χ0) is 19.5. The van der Waals surface area contributed by atoms with E-state index >= 15 is 0 Å². The van der Waals surface area contributed by atoms with E-state index in [0.29, 0.717) is 5.57 Å². The SMILES string of the molecule is C=C1C[C@@](C)(C(=O)OCC)[C@H](C(=O)OCC)[C@H]1S(=O)(=O)c1ccccc1. The van der Waals surface area contributed by atoms with Gasteiger partial charge in [0.2, 0.25) is 0 Å². The summed E-state index contributed by atoms with van der Waals surface area (Å²) >= 11 is 0. The first kappa shape index (κ1) is 20.2. The Morgan fingerprint density at radius 3 is 2.27 bits per heavy atom. The molecule has 1 saturated carbocycles. The van der Waals surface area contributed by atoms with Gasteiger partial charge in [-0.1, -0.05) is 30.4 Å². The van der Waals surface area contributed by atoms with E-state index in [4.69, 9.17) is 9.47 Å². The number of benzene rings is 1. The summed E-state index contributed by atoms with van der Waals surface area (Å²) in [6.45, 7) is 8.90. The average molecular weight is 380 g/mol. The molecule has 0 saturated heterocycles. The Balaban J connectivity index is 2.58. The van der Waals surface area contributed by atoms with E-state index in [2.05, 4.69) is 6.58 Å². The van der Waals surface area contributed by atoms with Crippen LogP contribution in [0.4, 0.5) is 0 Å². The van der Waals surface area contributed by atoms with E-state index in [1.54, 1.807) is 32.0 Å². The fourth-order valence-corrected chi connectivity index (χ4v) is 5.64. The van der Waals surface area contributed by atoms with E-state index in [1.165, 1.54) is 19.1 Å². The molecule has 0 N–H and O–H groups in total. The van der Waals surface area contributed by atoms with Gasteiger partial charge < -0.3 is 9.47 Å². The summed E-state index contributed by atoms with van der Waals surface area (Å²) in [5, 5.41) is -1.24. The van der Waals surface area contributed by atoms with Gasteiger partial charge in [-0.15, -0.1) is 0 Å². The molecule has 6 nitrogen and oxygen atoms in total. The molecule has 1 aromatic carbocycles. The molecule has 0 aliphatic heterocycles. The summed E-state index contributed by atoms with van der Waals surface area (Å²) in [4.78, 5) is 25.3. The zero-order valence-corrected chi connectivity index (χ0v) is 16.0. The van der Waals surface area contributed by atoms with Gasteiger partial charge in [-0.2, -0.15) is 0 Å². The van der Waals surface area contributed by atoms with Crippen molar-refractivity contribution in [2.24, 2.45) is 11.3 Å². The highest BCUT2D eigenvalue weighted by Gasteiger charge is 2.61. The number of ether oxygens (including phenoxy) is 2. The van der Waals surface area contributed by atoms with E-state index in [0.717, 1.165) is 0 Å². The molecule has 26 heavy (non-hydrogen) atoms. The number of esters is 2. The van der Waals surface area contributed by atoms with Crippen molar-refractivity contribution in [1.29, 1.82) is 0 Å². The van der Waals surface area contributed by atoms with Crippen molar-refractivity contribution in [2.75, 3.05) is 13.2 Å². The second-order valence-corrected chi connectivity index (χ2v) is 8.55. The fourth-order valence-electron chi connectivity index (χ4n) is 3.52. The summed E-state index contributed by atoms with van der Waals surface area (Å²) in [5.41, 5.74) is -1.03. The third-order valence-corrected chi connectivity index (χ3v) is 6.88. The van der Waals surface area contributed by atoms with Crippen LogP contribution >= 0.6 is 0 Å². The van der Waals surface area contributed by atoms with Crippen molar-refractivity contribution in [2.45, 2.75) is 37.3 Å². The van der Waals surface area contributed by atoms with Crippen LogP contribution < -0.4 is 0 Å². The van der Waals surface area contributed by atoms with Crippen LogP contribution in [-0.4, -0.2) is 38.8 Å². The van der Waals surface area contributed by atoms with Crippen LogP contribution in [0.1, 0.15) is 27.2 Å². The minimum atomic E-state index is -3.93. The average Bonchev–Trinajstić information content (AvgIpc) is 2.88. The van der Waals surface area contributed by atoms with Crippen LogP contribution in [-0.2, 0) is 28.9 Å². The molecule has 0 heterocycles. The summed E-state index contributed by atoms with van der Waals surface area (Å²) < 4.78 is 36.6. The monoisotopic (exact) mass is 380 g/mol. The maximum Gasteiger partial charge on any atom is 0.313 e. The molecule has 1 aliphatic carbocycles. The maximum atomic E-state index is 13.2. The first-order valence-electron chi connectivity index (χ1n) is 8.50. The van der Waals surface area contributed by atoms with E-state index < -0.39 is 38.4 Å². The molecule has 0 radical (unpaired) electrons. The van der Waals surface area contributed by atoms with Crippen LogP contribution in [0.2, 0.25) is 0 Å². The predicted octanol–water partition coefficient (Wildman–Crippen LogP) is 2.54. The molecule has 1 fully saturated rings. The minimum absolute atomic E-state index is 0.0477. The van der Waals surface area contributed by atoms with E-state index in [1.807, 2.05) is 0 Å². The van der Waals surface area contributed by atoms with Gasteiger partial charge >= 0.3 is 11.9 Å². The van der Waals surface area contributed by atoms with Crippen LogP contribution in [0, 0.1) is 11.3 Å². The Hall–Kier alpha value is -2.15. The lowest BCUT2D eigenvalue weighted by Gasteiger charge is -2.29. The Morgan fingerprint density at radius 1 is 1.15 bits per heavy atom. The molecule has 0 unspecified atom stereocenters. The number of rotatable bonds is 6. The first-order chi connectivity index (χ1) is 12.2. The van der Waals surface area contributed by atoms with E-state index in [9.17, 15) is 18.0 Å². The first-order valence-corrected chi connectivity index (χ1v) is 10.0. The summed E-state index contributed by atoms with van der Waals surface area (Å²) in [6, 6.07) is 7.84. The lowest BCUT2D eigenvalue weighted by molar-refractivity contribution is -0.165. The smallest absolute Gasteiger partial charge is 0.313 e. The maximum absolute atomic E-state index is 13.2. The van der Waals surface area contributed by atoms with Crippen molar-refractivity contribution >= 4 is 21.8 Å². The van der Waals surface area contributed by atoms with Gasteiger partial charge in [-0.05, 0) is 39.3 Å². The Morgan fingerprint density at radius 2 is 1.73 bits per heavy atom. The second-order valence-electron chi connectivity index (χ2n) is 6.48. The topological polar surface area (TPSA) is 86.7 Å². The third-order valence-electron chi connectivity index (χ3n) is 4.67. The molecule has 0 amide bonds. The standard InChI is InChI=1S/C19H24O6S/c1-5-24-17(20)15-16(26(22,23)14-10-8-7-9-11-14)13(3)12-19(15,4)18(21)25-6-2/h7-11,15-16H,3,5-6,12H2,1-2,4H3/t15-,16-,19+/m0/s1. The third kappa shape index (κ3) is 3.40. The van der Waals surface area contributed by atoms with Crippen molar-refractivity contribution in [3.63, 3.8) is 0 Å². The number of sulfone groups is 1. The highest BCUT2D eigenvalue weighted by Crippen LogP contribution is 2.51. The Bertz CT molecular complexity index is 799. The number of carbonyl (C=O) groups is 2. The molecule has 3 atom stereocenters. The molecule has 2 rings (SSSR count). The fraction of sp³-hybridized carbons (Fsp3) is 0.474. The van der Waals surface area contributed by atoms with Gasteiger partial charge in [0.05, 0.1) is 29.4 Å². The molecule has 0 spiro atoms. The Labute approximate surface area is 154 Å². The lowest BCUT2D eigenvalue weighted by atomic mass is 9.79. The zero-order valence-electron chi connectivity index (χ0n) is 15.2. The molecule has 1 aliphatic rings.